The minimum atomic E-state index is -1.23. The molecule has 0 unspecified atom stereocenters. The number of carbonyl (C=O) groups is 2. The third kappa shape index (κ3) is 4.72. The molecule has 0 heterocycles. The average molecular weight is 351 g/mol. The summed E-state index contributed by atoms with van der Waals surface area (Å²) in [5, 5.41) is 11.5. The molecule has 1 rings (SSSR count). The van der Waals surface area contributed by atoms with Crippen LogP contribution in [-0.2, 0) is 4.74 Å². The summed E-state index contributed by atoms with van der Waals surface area (Å²) in [5.74, 6) is -1.23. The van der Waals surface area contributed by atoms with Crippen molar-refractivity contribution in [3.05, 3.63) is 27.2 Å². The lowest BCUT2D eigenvalue weighted by molar-refractivity contribution is 0.0636. The molecule has 104 valence electrons. The van der Waals surface area contributed by atoms with Crippen LogP contribution in [0.15, 0.2) is 16.6 Å². The molecule has 0 saturated carbocycles. The fourth-order valence-electron chi connectivity index (χ4n) is 1.30. The van der Waals surface area contributed by atoms with Crippen molar-refractivity contribution in [3.8, 4) is 0 Å². The minimum absolute atomic E-state index is 0.0212. The Morgan fingerprint density at radius 1 is 1.37 bits per heavy atom. The van der Waals surface area contributed by atoms with Gasteiger partial charge in [-0.05, 0) is 32.9 Å². The molecule has 0 aromatic heterocycles. The topological polar surface area (TPSA) is 75.6 Å². The molecule has 1 aromatic carbocycles. The molecule has 0 aliphatic rings. The van der Waals surface area contributed by atoms with E-state index in [9.17, 15) is 9.59 Å². The van der Waals surface area contributed by atoms with E-state index in [1.165, 1.54) is 12.1 Å². The summed E-state index contributed by atoms with van der Waals surface area (Å²) in [6.07, 6.45) is -0.746. The molecule has 7 heteroatoms. The number of hydrogen-bond acceptors (Lipinski definition) is 3. The lowest BCUT2D eigenvalue weighted by Gasteiger charge is -2.20. The summed E-state index contributed by atoms with van der Waals surface area (Å²) in [6.45, 7) is 5.12. The van der Waals surface area contributed by atoms with Crippen LogP contribution in [0.1, 0.15) is 31.1 Å². The summed E-state index contributed by atoms with van der Waals surface area (Å²) < 4.78 is 5.60. The zero-order valence-corrected chi connectivity index (χ0v) is 12.9. The Labute approximate surface area is 124 Å². The molecule has 0 bridgehead atoms. The first kappa shape index (κ1) is 15.8. The van der Waals surface area contributed by atoms with Gasteiger partial charge in [0.25, 0.3) is 0 Å². The van der Waals surface area contributed by atoms with Crippen LogP contribution in [0.4, 0.5) is 10.5 Å². The molecular formula is C12H13BrClNO4. The van der Waals surface area contributed by atoms with Crippen molar-refractivity contribution < 1.29 is 19.4 Å². The van der Waals surface area contributed by atoms with Crippen molar-refractivity contribution >= 4 is 45.3 Å². The second kappa shape index (κ2) is 5.79. The summed E-state index contributed by atoms with van der Waals surface area (Å²) in [4.78, 5) is 22.8. The Morgan fingerprint density at radius 2 is 1.95 bits per heavy atom. The SMILES string of the molecule is CC(C)(C)OC(=O)Nc1cc(Br)cc(Cl)c1C(=O)O. The number of benzene rings is 1. The van der Waals surface area contributed by atoms with Crippen LogP contribution >= 0.6 is 27.5 Å². The van der Waals surface area contributed by atoms with Gasteiger partial charge in [0.2, 0.25) is 0 Å². The molecular weight excluding hydrogens is 337 g/mol. The van der Waals surface area contributed by atoms with E-state index in [0.29, 0.717) is 4.47 Å². The molecule has 2 N–H and O–H groups in total. The molecule has 0 atom stereocenters. The molecule has 1 aromatic rings. The zero-order chi connectivity index (χ0) is 14.8. The molecule has 5 nitrogen and oxygen atoms in total. The predicted molar refractivity (Wildman–Crippen MR) is 76.0 cm³/mol. The second-order valence-electron chi connectivity index (χ2n) is 4.74. The van der Waals surface area contributed by atoms with Crippen LogP contribution in [0.3, 0.4) is 0 Å². The highest BCUT2D eigenvalue weighted by molar-refractivity contribution is 9.10. The standard InChI is InChI=1S/C12H13BrClNO4/c1-12(2,3)19-11(18)15-8-5-6(13)4-7(14)9(8)10(16)17/h4-5H,1-3H3,(H,15,18)(H,16,17). The molecule has 19 heavy (non-hydrogen) atoms. The lowest BCUT2D eigenvalue weighted by atomic mass is 10.2. The number of hydrogen-bond donors (Lipinski definition) is 2. The van der Waals surface area contributed by atoms with Crippen molar-refractivity contribution in [2.24, 2.45) is 0 Å². The van der Waals surface area contributed by atoms with E-state index >= 15 is 0 Å². The van der Waals surface area contributed by atoms with Crippen LogP contribution in [-0.4, -0.2) is 22.8 Å². The number of halogens is 2. The fourth-order valence-corrected chi connectivity index (χ4v) is 2.19. The Bertz CT molecular complexity index is 525. The van der Waals surface area contributed by atoms with Gasteiger partial charge in [0.05, 0.1) is 10.7 Å². The molecule has 0 aliphatic carbocycles. The molecule has 0 spiro atoms. The Morgan fingerprint density at radius 3 is 2.42 bits per heavy atom. The van der Waals surface area contributed by atoms with Crippen molar-refractivity contribution in [2.45, 2.75) is 26.4 Å². The molecule has 0 radical (unpaired) electrons. The van der Waals surface area contributed by atoms with E-state index in [0.717, 1.165) is 0 Å². The largest absolute Gasteiger partial charge is 0.478 e. The maximum absolute atomic E-state index is 11.6. The van der Waals surface area contributed by atoms with Gasteiger partial charge in [0.1, 0.15) is 11.2 Å². The number of carboxylic acid groups (broad SMARTS) is 1. The van der Waals surface area contributed by atoms with Crippen LogP contribution in [0.2, 0.25) is 5.02 Å². The van der Waals surface area contributed by atoms with Gasteiger partial charge in [-0.3, -0.25) is 5.32 Å². The minimum Gasteiger partial charge on any atom is -0.478 e. The third-order valence-electron chi connectivity index (χ3n) is 1.90. The Kier molecular flexibility index (Phi) is 4.81. The molecule has 0 aliphatic heterocycles. The maximum atomic E-state index is 11.6. The van der Waals surface area contributed by atoms with Crippen molar-refractivity contribution in [2.75, 3.05) is 5.32 Å². The van der Waals surface area contributed by atoms with E-state index in [1.54, 1.807) is 20.8 Å². The highest BCUT2D eigenvalue weighted by Crippen LogP contribution is 2.29. The smallest absolute Gasteiger partial charge is 0.412 e. The number of anilines is 1. The van der Waals surface area contributed by atoms with Crippen LogP contribution in [0.5, 0.6) is 0 Å². The van der Waals surface area contributed by atoms with Crippen molar-refractivity contribution in [1.29, 1.82) is 0 Å². The van der Waals surface area contributed by atoms with E-state index in [-0.39, 0.29) is 16.3 Å². The van der Waals surface area contributed by atoms with E-state index < -0.39 is 17.7 Å². The monoisotopic (exact) mass is 349 g/mol. The first-order valence-electron chi connectivity index (χ1n) is 5.32. The number of carbonyl (C=O) groups excluding carboxylic acids is 1. The quantitative estimate of drug-likeness (QED) is 0.840. The van der Waals surface area contributed by atoms with Gasteiger partial charge in [-0.1, -0.05) is 27.5 Å². The van der Waals surface area contributed by atoms with E-state index in [2.05, 4.69) is 21.2 Å². The normalized spacial score (nSPS) is 11.0. The maximum Gasteiger partial charge on any atom is 0.412 e. The van der Waals surface area contributed by atoms with Gasteiger partial charge in [-0.25, -0.2) is 9.59 Å². The van der Waals surface area contributed by atoms with Crippen molar-refractivity contribution in [3.63, 3.8) is 0 Å². The van der Waals surface area contributed by atoms with Gasteiger partial charge >= 0.3 is 12.1 Å². The zero-order valence-electron chi connectivity index (χ0n) is 10.6. The Balaban J connectivity index is 3.07. The number of aromatic carboxylic acids is 1. The number of ether oxygens (including phenoxy) is 1. The van der Waals surface area contributed by atoms with E-state index in [1.807, 2.05) is 0 Å². The summed E-state index contributed by atoms with van der Waals surface area (Å²) in [7, 11) is 0. The van der Waals surface area contributed by atoms with Gasteiger partial charge in [0.15, 0.2) is 0 Å². The Hall–Kier alpha value is -1.27. The van der Waals surface area contributed by atoms with Gasteiger partial charge in [-0.2, -0.15) is 0 Å². The summed E-state index contributed by atoms with van der Waals surface area (Å²) >= 11 is 9.02. The third-order valence-corrected chi connectivity index (χ3v) is 2.66. The molecule has 1 amide bonds. The van der Waals surface area contributed by atoms with Gasteiger partial charge < -0.3 is 9.84 Å². The lowest BCUT2D eigenvalue weighted by Crippen LogP contribution is -2.27. The van der Waals surface area contributed by atoms with Gasteiger partial charge in [-0.15, -0.1) is 0 Å². The van der Waals surface area contributed by atoms with Crippen LogP contribution in [0, 0.1) is 0 Å². The van der Waals surface area contributed by atoms with E-state index in [4.69, 9.17) is 21.4 Å². The predicted octanol–water partition coefficient (Wildman–Crippen LogP) is 4.15. The molecule has 0 saturated heterocycles. The first-order chi connectivity index (χ1) is 8.60. The highest BCUT2D eigenvalue weighted by atomic mass is 79.9. The first-order valence-corrected chi connectivity index (χ1v) is 6.49. The summed E-state index contributed by atoms with van der Waals surface area (Å²) in [6, 6.07) is 2.88. The van der Waals surface area contributed by atoms with Crippen LogP contribution < -0.4 is 5.32 Å². The van der Waals surface area contributed by atoms with Crippen LogP contribution in [0.25, 0.3) is 0 Å². The second-order valence-corrected chi connectivity index (χ2v) is 6.07. The number of nitrogens with one attached hydrogen (secondary N) is 1. The molecule has 0 fully saturated rings. The number of rotatable bonds is 2. The fraction of sp³-hybridized carbons (Fsp3) is 0.333. The highest BCUT2D eigenvalue weighted by Gasteiger charge is 2.21. The number of amides is 1. The summed E-state index contributed by atoms with van der Waals surface area (Å²) in [5.41, 5.74) is -0.791. The average Bonchev–Trinajstić information content (AvgIpc) is 2.10. The van der Waals surface area contributed by atoms with Crippen molar-refractivity contribution in [1.82, 2.24) is 0 Å². The number of carboxylic acids is 1. The van der Waals surface area contributed by atoms with Gasteiger partial charge in [0, 0.05) is 4.47 Å².